The number of nitrogens with two attached hydrogens (primary N) is 1. The van der Waals surface area contributed by atoms with Crippen molar-refractivity contribution >= 4 is 5.91 Å². The lowest BCUT2D eigenvalue weighted by Gasteiger charge is -2.33. The Bertz CT molecular complexity index is 440. The van der Waals surface area contributed by atoms with Crippen molar-refractivity contribution in [1.82, 2.24) is 4.90 Å². The zero-order valence-electron chi connectivity index (χ0n) is 12.8. The fraction of sp³-hybridized carbons (Fsp3) is 0.588. The molecule has 0 bridgehead atoms. The first-order chi connectivity index (χ1) is 9.50. The molecule has 2 N–H and O–H groups in total. The van der Waals surface area contributed by atoms with E-state index < -0.39 is 0 Å². The maximum absolute atomic E-state index is 12.7. The summed E-state index contributed by atoms with van der Waals surface area (Å²) in [7, 11) is 0. The molecule has 1 aliphatic carbocycles. The van der Waals surface area contributed by atoms with Gasteiger partial charge in [0.15, 0.2) is 0 Å². The monoisotopic (exact) mass is 274 g/mol. The highest BCUT2D eigenvalue weighted by atomic mass is 16.2. The molecule has 0 aromatic heterocycles. The van der Waals surface area contributed by atoms with Gasteiger partial charge in [-0.1, -0.05) is 37.3 Å². The zero-order valence-corrected chi connectivity index (χ0v) is 12.8. The van der Waals surface area contributed by atoms with Gasteiger partial charge in [0.1, 0.15) is 0 Å². The van der Waals surface area contributed by atoms with Crippen molar-refractivity contribution < 1.29 is 4.79 Å². The van der Waals surface area contributed by atoms with Crippen molar-refractivity contribution in [2.24, 2.45) is 17.6 Å². The third kappa shape index (κ3) is 3.60. The number of rotatable bonds is 6. The van der Waals surface area contributed by atoms with E-state index in [1.165, 1.54) is 18.4 Å². The van der Waals surface area contributed by atoms with Gasteiger partial charge in [0.2, 0.25) is 5.91 Å². The molecule has 1 fully saturated rings. The van der Waals surface area contributed by atoms with Crippen LogP contribution in [0.25, 0.3) is 0 Å². The summed E-state index contributed by atoms with van der Waals surface area (Å²) in [5.74, 6) is 0.728. The van der Waals surface area contributed by atoms with Gasteiger partial charge in [-0.3, -0.25) is 4.79 Å². The van der Waals surface area contributed by atoms with Crippen molar-refractivity contribution in [3.63, 3.8) is 0 Å². The minimum absolute atomic E-state index is 0.104. The van der Waals surface area contributed by atoms with E-state index in [0.29, 0.717) is 18.5 Å². The highest BCUT2D eigenvalue weighted by Crippen LogP contribution is 2.36. The van der Waals surface area contributed by atoms with Crippen LogP contribution in [0.5, 0.6) is 0 Å². The molecule has 1 aromatic rings. The number of hydrogen-bond acceptors (Lipinski definition) is 2. The summed E-state index contributed by atoms with van der Waals surface area (Å²) in [5.41, 5.74) is 7.10. The van der Waals surface area contributed by atoms with Crippen LogP contribution in [0.3, 0.4) is 0 Å². The molecule has 110 valence electrons. The normalized spacial score (nSPS) is 19.2. The topological polar surface area (TPSA) is 46.3 Å². The lowest BCUT2D eigenvalue weighted by atomic mass is 10.0. The Kier molecular flexibility index (Phi) is 4.81. The number of carbonyl (C=O) groups excluding carboxylic acids is 1. The van der Waals surface area contributed by atoms with Crippen molar-refractivity contribution in [1.29, 1.82) is 0 Å². The number of benzene rings is 1. The summed E-state index contributed by atoms with van der Waals surface area (Å²) in [4.78, 5) is 14.7. The van der Waals surface area contributed by atoms with E-state index in [0.717, 1.165) is 0 Å². The van der Waals surface area contributed by atoms with Gasteiger partial charge in [-0.15, -0.1) is 0 Å². The van der Waals surface area contributed by atoms with E-state index in [1.54, 1.807) is 0 Å². The lowest BCUT2D eigenvalue weighted by molar-refractivity contribution is -0.138. The Morgan fingerprint density at radius 2 is 1.85 bits per heavy atom. The largest absolute Gasteiger partial charge is 0.335 e. The number of amides is 1. The Hall–Kier alpha value is -1.35. The highest BCUT2D eigenvalue weighted by Gasteiger charge is 2.36. The van der Waals surface area contributed by atoms with Crippen LogP contribution in [-0.2, 0) is 11.3 Å². The van der Waals surface area contributed by atoms with Crippen LogP contribution in [0.15, 0.2) is 30.3 Å². The molecule has 1 saturated carbocycles. The highest BCUT2D eigenvalue weighted by molar-refractivity contribution is 5.79. The van der Waals surface area contributed by atoms with Crippen LogP contribution in [0.4, 0.5) is 0 Å². The second-order valence-corrected chi connectivity index (χ2v) is 6.18. The van der Waals surface area contributed by atoms with E-state index in [-0.39, 0.29) is 17.9 Å². The van der Waals surface area contributed by atoms with Crippen LogP contribution < -0.4 is 5.73 Å². The van der Waals surface area contributed by atoms with Crippen molar-refractivity contribution in [3.8, 4) is 0 Å². The van der Waals surface area contributed by atoms with Gasteiger partial charge in [0, 0.05) is 18.6 Å². The molecular weight excluding hydrogens is 248 g/mol. The van der Waals surface area contributed by atoms with Crippen LogP contribution in [0, 0.1) is 11.8 Å². The fourth-order valence-corrected chi connectivity index (χ4v) is 2.52. The van der Waals surface area contributed by atoms with Gasteiger partial charge in [-0.25, -0.2) is 0 Å². The second kappa shape index (κ2) is 6.40. The first kappa shape index (κ1) is 15.0. The fourth-order valence-electron chi connectivity index (χ4n) is 2.52. The molecule has 3 heteroatoms. The van der Waals surface area contributed by atoms with E-state index in [4.69, 9.17) is 5.73 Å². The predicted molar refractivity (Wildman–Crippen MR) is 82.0 cm³/mol. The molecule has 2 rings (SSSR count). The van der Waals surface area contributed by atoms with Gasteiger partial charge in [-0.2, -0.15) is 0 Å². The number of nitrogens with zero attached hydrogens (tertiary/aromatic N) is 1. The summed E-state index contributed by atoms with van der Waals surface area (Å²) < 4.78 is 0. The smallest absolute Gasteiger partial charge is 0.227 e. The van der Waals surface area contributed by atoms with Crippen molar-refractivity contribution in [2.45, 2.75) is 52.2 Å². The van der Waals surface area contributed by atoms with Gasteiger partial charge in [0.05, 0.1) is 5.92 Å². The molecule has 20 heavy (non-hydrogen) atoms. The molecule has 1 aliphatic rings. The lowest BCUT2D eigenvalue weighted by Crippen LogP contribution is -2.46. The van der Waals surface area contributed by atoms with Crippen LogP contribution in [0.2, 0.25) is 0 Å². The van der Waals surface area contributed by atoms with Gasteiger partial charge >= 0.3 is 0 Å². The molecule has 3 atom stereocenters. The maximum atomic E-state index is 12.7. The minimum atomic E-state index is -0.125. The molecule has 0 heterocycles. The first-order valence-corrected chi connectivity index (χ1v) is 7.60. The Morgan fingerprint density at radius 3 is 2.35 bits per heavy atom. The predicted octanol–water partition coefficient (Wildman–Crippen LogP) is 2.80. The molecule has 0 saturated heterocycles. The maximum Gasteiger partial charge on any atom is 0.227 e. The van der Waals surface area contributed by atoms with Crippen LogP contribution >= 0.6 is 0 Å². The Balaban J connectivity index is 2.14. The standard InChI is InChI=1S/C17H26N2O/c1-12(13(2)18)17(20)19(14(3)16-9-10-16)11-15-7-5-4-6-8-15/h4-8,12-14,16H,9-11,18H2,1-3H3. The average molecular weight is 274 g/mol. The van der Waals surface area contributed by atoms with Crippen LogP contribution in [0.1, 0.15) is 39.2 Å². The third-order valence-electron chi connectivity index (χ3n) is 4.45. The average Bonchev–Trinajstić information content (AvgIpc) is 3.28. The second-order valence-electron chi connectivity index (χ2n) is 6.18. The van der Waals surface area contributed by atoms with E-state index in [9.17, 15) is 4.79 Å². The quantitative estimate of drug-likeness (QED) is 0.867. The SMILES string of the molecule is CC(N)C(C)C(=O)N(Cc1ccccc1)C(C)C1CC1. The zero-order chi connectivity index (χ0) is 14.7. The summed E-state index contributed by atoms with van der Waals surface area (Å²) in [6, 6.07) is 10.4. The molecular formula is C17H26N2O. The summed E-state index contributed by atoms with van der Waals surface area (Å²) in [5, 5.41) is 0. The van der Waals surface area contributed by atoms with Gasteiger partial charge < -0.3 is 10.6 Å². The summed E-state index contributed by atoms with van der Waals surface area (Å²) in [6.07, 6.45) is 2.48. The first-order valence-electron chi connectivity index (χ1n) is 7.60. The molecule has 0 radical (unpaired) electrons. The van der Waals surface area contributed by atoms with Crippen molar-refractivity contribution in [3.05, 3.63) is 35.9 Å². The van der Waals surface area contributed by atoms with E-state index in [1.807, 2.05) is 36.9 Å². The third-order valence-corrected chi connectivity index (χ3v) is 4.45. The van der Waals surface area contributed by atoms with Gasteiger partial charge in [0.25, 0.3) is 0 Å². The number of hydrogen-bond donors (Lipinski definition) is 1. The molecule has 0 aliphatic heterocycles. The molecule has 0 spiro atoms. The summed E-state index contributed by atoms with van der Waals surface area (Å²) in [6.45, 7) is 6.70. The minimum Gasteiger partial charge on any atom is -0.335 e. The van der Waals surface area contributed by atoms with Gasteiger partial charge in [-0.05, 0) is 38.2 Å². The van der Waals surface area contributed by atoms with Crippen LogP contribution in [-0.4, -0.2) is 22.9 Å². The Morgan fingerprint density at radius 1 is 1.25 bits per heavy atom. The Labute approximate surface area is 122 Å². The van der Waals surface area contributed by atoms with Crippen molar-refractivity contribution in [2.75, 3.05) is 0 Å². The van der Waals surface area contributed by atoms with E-state index in [2.05, 4.69) is 19.1 Å². The molecule has 1 amide bonds. The molecule has 3 nitrogen and oxygen atoms in total. The molecule has 3 unspecified atom stereocenters. The number of carbonyl (C=O) groups is 1. The molecule has 1 aromatic carbocycles. The van der Waals surface area contributed by atoms with E-state index >= 15 is 0 Å². The summed E-state index contributed by atoms with van der Waals surface area (Å²) >= 11 is 0.